The fraction of sp³-hybridized carbons (Fsp3) is 0.259. The molecule has 1 unspecified atom stereocenters. The van der Waals surface area contributed by atoms with Crippen molar-refractivity contribution >= 4 is 34.2 Å². The maximum absolute atomic E-state index is 13.0. The van der Waals surface area contributed by atoms with Crippen LogP contribution in [0.3, 0.4) is 0 Å². The second-order valence-electron chi connectivity index (χ2n) is 8.22. The highest BCUT2D eigenvalue weighted by Gasteiger charge is 2.34. The van der Waals surface area contributed by atoms with Gasteiger partial charge in [0.1, 0.15) is 23.9 Å². The smallest absolute Gasteiger partial charge is 0.227 e. The number of carbonyl (C=O) groups excluding carboxylic acids is 1. The largest absolute Gasteiger partial charge is 0.494 e. The van der Waals surface area contributed by atoms with Gasteiger partial charge >= 0.3 is 0 Å². The lowest BCUT2D eigenvalue weighted by molar-refractivity contribution is -0.117. The van der Waals surface area contributed by atoms with E-state index in [4.69, 9.17) is 26.1 Å². The van der Waals surface area contributed by atoms with E-state index in [1.165, 1.54) is 0 Å². The standard InChI is InChI=1S/C27H26ClN3O3/c1-2-33-21-13-11-20(12-14-21)31-18-19(17-26(31)32)27-29-23-8-4-5-9-24(23)30(27)15-16-34-25-10-6-3-7-22(25)28/h3-14,19H,2,15-18H2,1H3. The van der Waals surface area contributed by atoms with Crippen molar-refractivity contribution in [3.63, 3.8) is 0 Å². The number of hydrogen-bond donors (Lipinski definition) is 0. The summed E-state index contributed by atoms with van der Waals surface area (Å²) in [6, 6.07) is 23.2. The fourth-order valence-electron chi connectivity index (χ4n) is 4.47. The SMILES string of the molecule is CCOc1ccc(N2CC(c3nc4ccccc4n3CCOc3ccccc3Cl)CC2=O)cc1. The maximum Gasteiger partial charge on any atom is 0.227 e. The van der Waals surface area contributed by atoms with Crippen LogP contribution in [-0.2, 0) is 11.3 Å². The van der Waals surface area contributed by atoms with Crippen molar-refractivity contribution in [1.82, 2.24) is 9.55 Å². The summed E-state index contributed by atoms with van der Waals surface area (Å²) in [6.07, 6.45) is 0.419. The number of rotatable bonds is 8. The zero-order valence-corrected chi connectivity index (χ0v) is 19.7. The molecule has 7 heteroatoms. The summed E-state index contributed by atoms with van der Waals surface area (Å²) in [5.41, 5.74) is 2.83. The number of benzene rings is 3. The van der Waals surface area contributed by atoms with Crippen molar-refractivity contribution in [3.05, 3.63) is 83.6 Å². The first-order valence-electron chi connectivity index (χ1n) is 11.5. The minimum atomic E-state index is -0.00761. The van der Waals surface area contributed by atoms with Gasteiger partial charge in [-0.2, -0.15) is 0 Å². The number of amides is 1. The molecular formula is C27H26ClN3O3. The monoisotopic (exact) mass is 475 g/mol. The predicted molar refractivity (Wildman–Crippen MR) is 134 cm³/mol. The van der Waals surface area contributed by atoms with E-state index in [-0.39, 0.29) is 11.8 Å². The molecule has 1 fully saturated rings. The van der Waals surface area contributed by atoms with Gasteiger partial charge in [0.05, 0.1) is 29.2 Å². The zero-order chi connectivity index (χ0) is 23.5. The van der Waals surface area contributed by atoms with Gasteiger partial charge in [-0.3, -0.25) is 4.79 Å². The molecule has 174 valence electrons. The summed E-state index contributed by atoms with van der Waals surface area (Å²) in [4.78, 5) is 19.7. The fourth-order valence-corrected chi connectivity index (χ4v) is 4.66. The molecule has 6 nitrogen and oxygen atoms in total. The number of hydrogen-bond acceptors (Lipinski definition) is 4. The minimum Gasteiger partial charge on any atom is -0.494 e. The number of para-hydroxylation sites is 3. The summed E-state index contributed by atoms with van der Waals surface area (Å²) < 4.78 is 13.7. The van der Waals surface area contributed by atoms with Crippen LogP contribution >= 0.6 is 11.6 Å². The van der Waals surface area contributed by atoms with Crippen LogP contribution < -0.4 is 14.4 Å². The van der Waals surface area contributed by atoms with Gasteiger partial charge in [-0.1, -0.05) is 35.9 Å². The zero-order valence-electron chi connectivity index (χ0n) is 19.0. The van der Waals surface area contributed by atoms with Crippen molar-refractivity contribution in [2.75, 3.05) is 24.7 Å². The lowest BCUT2D eigenvalue weighted by atomic mass is 10.1. The number of carbonyl (C=O) groups is 1. The number of fused-ring (bicyclic) bond motifs is 1. The highest BCUT2D eigenvalue weighted by molar-refractivity contribution is 6.32. The Morgan fingerprint density at radius 2 is 1.76 bits per heavy atom. The van der Waals surface area contributed by atoms with Crippen LogP contribution in [0.5, 0.6) is 11.5 Å². The normalized spacial score (nSPS) is 15.8. The number of anilines is 1. The molecule has 0 N–H and O–H groups in total. The molecule has 0 saturated carbocycles. The second-order valence-corrected chi connectivity index (χ2v) is 8.63. The van der Waals surface area contributed by atoms with Gasteiger partial charge in [0.15, 0.2) is 0 Å². The van der Waals surface area contributed by atoms with Crippen LogP contribution in [0.15, 0.2) is 72.8 Å². The van der Waals surface area contributed by atoms with Gasteiger partial charge in [-0.05, 0) is 55.5 Å². The molecule has 1 aliphatic rings. The summed E-state index contributed by atoms with van der Waals surface area (Å²) in [7, 11) is 0. The molecule has 0 aliphatic carbocycles. The molecule has 34 heavy (non-hydrogen) atoms. The van der Waals surface area contributed by atoms with E-state index in [0.29, 0.717) is 43.5 Å². The van der Waals surface area contributed by atoms with E-state index in [2.05, 4.69) is 10.6 Å². The van der Waals surface area contributed by atoms with Gasteiger partial charge in [0.2, 0.25) is 5.91 Å². The molecule has 1 atom stereocenters. The van der Waals surface area contributed by atoms with E-state index in [9.17, 15) is 4.79 Å². The van der Waals surface area contributed by atoms with Crippen LogP contribution in [0, 0.1) is 0 Å². The number of aromatic nitrogens is 2. The van der Waals surface area contributed by atoms with E-state index in [1.54, 1.807) is 0 Å². The molecule has 1 aromatic heterocycles. The molecule has 1 aliphatic heterocycles. The molecule has 3 aromatic carbocycles. The van der Waals surface area contributed by atoms with E-state index >= 15 is 0 Å². The maximum atomic E-state index is 13.0. The Balaban J connectivity index is 1.37. The molecule has 1 saturated heterocycles. The van der Waals surface area contributed by atoms with Crippen molar-refractivity contribution in [2.24, 2.45) is 0 Å². The lowest BCUT2D eigenvalue weighted by Gasteiger charge is -2.18. The molecule has 5 rings (SSSR count). The van der Waals surface area contributed by atoms with Crippen molar-refractivity contribution < 1.29 is 14.3 Å². The van der Waals surface area contributed by atoms with Crippen LogP contribution in [0.25, 0.3) is 11.0 Å². The van der Waals surface area contributed by atoms with Crippen LogP contribution in [0.4, 0.5) is 5.69 Å². The number of nitrogens with zero attached hydrogens (tertiary/aromatic N) is 3. The molecule has 0 bridgehead atoms. The van der Waals surface area contributed by atoms with E-state index in [0.717, 1.165) is 28.3 Å². The predicted octanol–water partition coefficient (Wildman–Crippen LogP) is 5.69. The lowest BCUT2D eigenvalue weighted by Crippen LogP contribution is -2.24. The van der Waals surface area contributed by atoms with Gasteiger partial charge < -0.3 is 18.9 Å². The van der Waals surface area contributed by atoms with Crippen molar-refractivity contribution in [1.29, 1.82) is 0 Å². The first-order chi connectivity index (χ1) is 16.6. The third-order valence-electron chi connectivity index (χ3n) is 6.04. The average molecular weight is 476 g/mol. The second kappa shape index (κ2) is 9.77. The van der Waals surface area contributed by atoms with E-state index in [1.807, 2.05) is 78.6 Å². The molecular weight excluding hydrogens is 450 g/mol. The highest BCUT2D eigenvalue weighted by atomic mass is 35.5. The molecule has 2 heterocycles. The Hall–Kier alpha value is -3.51. The summed E-state index contributed by atoms with van der Waals surface area (Å²) in [5, 5.41) is 0.589. The van der Waals surface area contributed by atoms with Crippen LogP contribution in [0.2, 0.25) is 5.02 Å². The Morgan fingerprint density at radius 1 is 1.00 bits per heavy atom. The summed E-state index contributed by atoms with van der Waals surface area (Å²) >= 11 is 6.24. The van der Waals surface area contributed by atoms with Crippen LogP contribution in [-0.4, -0.2) is 35.2 Å². The molecule has 0 spiro atoms. The van der Waals surface area contributed by atoms with Gasteiger partial charge in [0, 0.05) is 24.6 Å². The van der Waals surface area contributed by atoms with Gasteiger partial charge in [-0.25, -0.2) is 4.98 Å². The Bertz CT molecular complexity index is 1300. The quantitative estimate of drug-likeness (QED) is 0.328. The number of imidazole rings is 1. The number of ether oxygens (including phenoxy) is 2. The van der Waals surface area contributed by atoms with Gasteiger partial charge in [0.25, 0.3) is 0 Å². The first-order valence-corrected chi connectivity index (χ1v) is 11.9. The third-order valence-corrected chi connectivity index (χ3v) is 6.36. The number of halogens is 1. The van der Waals surface area contributed by atoms with Gasteiger partial charge in [-0.15, -0.1) is 0 Å². The van der Waals surface area contributed by atoms with Crippen LogP contribution in [0.1, 0.15) is 25.1 Å². The molecule has 1 amide bonds. The first kappa shape index (κ1) is 22.3. The summed E-state index contributed by atoms with van der Waals surface area (Å²) in [5.74, 6) is 2.46. The van der Waals surface area contributed by atoms with Crippen molar-refractivity contribution in [3.8, 4) is 11.5 Å². The molecule has 4 aromatic rings. The van der Waals surface area contributed by atoms with Crippen molar-refractivity contribution in [2.45, 2.75) is 25.8 Å². The average Bonchev–Trinajstić information content (AvgIpc) is 3.42. The topological polar surface area (TPSA) is 56.6 Å². The Morgan fingerprint density at radius 3 is 2.56 bits per heavy atom. The minimum absolute atomic E-state index is 0.00761. The Kier molecular flexibility index (Phi) is 6.41. The molecule has 0 radical (unpaired) electrons. The highest BCUT2D eigenvalue weighted by Crippen LogP contribution is 2.34. The van der Waals surface area contributed by atoms with E-state index < -0.39 is 0 Å². The summed E-state index contributed by atoms with van der Waals surface area (Å²) in [6.45, 7) is 4.20. The Labute approximate surface area is 203 Å². The third kappa shape index (κ3) is 4.46.